The summed E-state index contributed by atoms with van der Waals surface area (Å²) < 4.78 is 5.36. The van der Waals surface area contributed by atoms with Crippen LogP contribution in [0.3, 0.4) is 0 Å². The largest absolute Gasteiger partial charge is 0.496 e. The fourth-order valence-corrected chi connectivity index (χ4v) is 3.41. The molecule has 0 spiro atoms. The molecule has 27 heavy (non-hydrogen) atoms. The van der Waals surface area contributed by atoms with Gasteiger partial charge in [0.25, 0.3) is 5.91 Å². The number of methoxy groups -OCH3 is 1. The van der Waals surface area contributed by atoms with E-state index in [-0.39, 0.29) is 18.2 Å². The summed E-state index contributed by atoms with van der Waals surface area (Å²) in [5.41, 5.74) is 1.15. The molecule has 0 fully saturated rings. The van der Waals surface area contributed by atoms with Crippen LogP contribution >= 0.6 is 0 Å². The quantitative estimate of drug-likeness (QED) is 0.785. The molecule has 0 aromatic heterocycles. The van der Waals surface area contributed by atoms with E-state index < -0.39 is 5.54 Å². The topological polar surface area (TPSA) is 71.0 Å². The van der Waals surface area contributed by atoms with Gasteiger partial charge in [-0.1, -0.05) is 18.2 Å². The van der Waals surface area contributed by atoms with Crippen molar-refractivity contribution in [2.45, 2.75) is 38.6 Å². The summed E-state index contributed by atoms with van der Waals surface area (Å²) in [6, 6.07) is 7.87. The summed E-state index contributed by atoms with van der Waals surface area (Å²) in [6.07, 6.45) is 7.22. The van der Waals surface area contributed by atoms with E-state index in [0.29, 0.717) is 12.4 Å². The molecule has 2 aliphatic heterocycles. The molecule has 6 heteroatoms. The number of carbonyl (C=O) groups is 2. The number of nitrogens with zero attached hydrogens (tertiary/aromatic N) is 2. The smallest absolute Gasteiger partial charge is 0.250 e. The number of nitrogens with one attached hydrogen (secondary N) is 1. The van der Waals surface area contributed by atoms with Crippen LogP contribution in [0.25, 0.3) is 0 Å². The number of aryl methyl sites for hydroxylation is 1. The lowest BCUT2D eigenvalue weighted by atomic mass is 9.90. The molecule has 6 nitrogen and oxygen atoms in total. The molecule has 0 aliphatic carbocycles. The van der Waals surface area contributed by atoms with Crippen molar-refractivity contribution in [1.29, 1.82) is 0 Å². The van der Waals surface area contributed by atoms with Crippen LogP contribution in [0, 0.1) is 0 Å². The number of aliphatic imine (C=N–C) groups is 1. The molecule has 0 radical (unpaired) electrons. The first-order valence-corrected chi connectivity index (χ1v) is 9.11. The van der Waals surface area contributed by atoms with E-state index in [2.05, 4.69) is 10.3 Å². The fourth-order valence-electron chi connectivity index (χ4n) is 3.41. The van der Waals surface area contributed by atoms with Crippen molar-refractivity contribution in [2.24, 2.45) is 4.99 Å². The molecule has 2 heterocycles. The zero-order valence-electron chi connectivity index (χ0n) is 16.0. The van der Waals surface area contributed by atoms with Gasteiger partial charge in [-0.05, 0) is 56.0 Å². The highest BCUT2D eigenvalue weighted by molar-refractivity contribution is 6.09. The maximum Gasteiger partial charge on any atom is 0.250 e. The van der Waals surface area contributed by atoms with E-state index in [1.807, 2.05) is 49.5 Å². The number of rotatable bonds is 6. The Morgan fingerprint density at radius 3 is 2.93 bits per heavy atom. The van der Waals surface area contributed by atoms with Crippen molar-refractivity contribution in [3.05, 3.63) is 53.8 Å². The summed E-state index contributed by atoms with van der Waals surface area (Å²) in [4.78, 5) is 30.8. The number of benzene rings is 1. The van der Waals surface area contributed by atoms with Crippen molar-refractivity contribution in [1.82, 2.24) is 10.2 Å². The van der Waals surface area contributed by atoms with Crippen LogP contribution in [0.5, 0.6) is 5.75 Å². The Kier molecular flexibility index (Phi) is 5.44. The Hall–Kier alpha value is -2.89. The molecule has 1 aromatic carbocycles. The number of allylic oxidation sites excluding steroid dienone is 2. The summed E-state index contributed by atoms with van der Waals surface area (Å²) >= 11 is 0. The zero-order valence-corrected chi connectivity index (χ0v) is 16.0. The normalized spacial score (nSPS) is 21.3. The lowest BCUT2D eigenvalue weighted by Gasteiger charge is -2.42. The van der Waals surface area contributed by atoms with E-state index in [1.165, 1.54) is 0 Å². The van der Waals surface area contributed by atoms with Crippen LogP contribution in [-0.4, -0.2) is 41.7 Å². The fraction of sp³-hybridized carbons (Fsp3) is 0.381. The number of carbonyl (C=O) groups excluding carboxylic acids is 2. The second-order valence-corrected chi connectivity index (χ2v) is 7.06. The number of fused-ring (bicyclic) bond motifs is 1. The van der Waals surface area contributed by atoms with Gasteiger partial charge in [0.2, 0.25) is 5.91 Å². The molecule has 3 rings (SSSR count). The van der Waals surface area contributed by atoms with E-state index in [4.69, 9.17) is 4.74 Å². The summed E-state index contributed by atoms with van der Waals surface area (Å²) in [7, 11) is 1.66. The van der Waals surface area contributed by atoms with Gasteiger partial charge in [0.05, 0.1) is 13.5 Å². The van der Waals surface area contributed by atoms with E-state index in [0.717, 1.165) is 29.7 Å². The van der Waals surface area contributed by atoms with Crippen molar-refractivity contribution >= 4 is 17.6 Å². The number of hydrogen-bond donors (Lipinski definition) is 1. The second-order valence-electron chi connectivity index (χ2n) is 7.06. The van der Waals surface area contributed by atoms with Crippen molar-refractivity contribution in [3.63, 3.8) is 0 Å². The van der Waals surface area contributed by atoms with E-state index >= 15 is 0 Å². The second kappa shape index (κ2) is 7.78. The number of para-hydroxylation sites is 1. The van der Waals surface area contributed by atoms with Gasteiger partial charge in [-0.3, -0.25) is 9.59 Å². The SMILES string of the molecule is COc1ccccc1CCCNC(=O)[C@]1(C)CC(=O)N=C2C=C(C)C=CN21. The molecular weight excluding hydrogens is 342 g/mol. The zero-order chi connectivity index (χ0) is 19.4. The predicted molar refractivity (Wildman–Crippen MR) is 105 cm³/mol. The van der Waals surface area contributed by atoms with Gasteiger partial charge in [0.15, 0.2) is 0 Å². The minimum Gasteiger partial charge on any atom is -0.496 e. The van der Waals surface area contributed by atoms with E-state index in [1.54, 1.807) is 18.9 Å². The Morgan fingerprint density at radius 2 is 2.15 bits per heavy atom. The van der Waals surface area contributed by atoms with E-state index in [9.17, 15) is 9.59 Å². The summed E-state index contributed by atoms with van der Waals surface area (Å²) in [6.45, 7) is 4.25. The maximum atomic E-state index is 12.9. The molecule has 0 bridgehead atoms. The van der Waals surface area contributed by atoms with Crippen molar-refractivity contribution in [2.75, 3.05) is 13.7 Å². The first-order valence-electron chi connectivity index (χ1n) is 9.11. The minimum atomic E-state index is -0.966. The van der Waals surface area contributed by atoms with Crippen LogP contribution in [-0.2, 0) is 16.0 Å². The molecule has 1 N–H and O–H groups in total. The van der Waals surface area contributed by atoms with Crippen LogP contribution in [0.1, 0.15) is 32.3 Å². The third kappa shape index (κ3) is 3.94. The van der Waals surface area contributed by atoms with Crippen LogP contribution in [0.2, 0.25) is 0 Å². The average Bonchev–Trinajstić information content (AvgIpc) is 2.64. The summed E-state index contributed by atoms with van der Waals surface area (Å²) in [5.74, 6) is 0.946. The third-order valence-electron chi connectivity index (χ3n) is 4.95. The first-order chi connectivity index (χ1) is 12.9. The molecule has 0 saturated heterocycles. The highest BCUT2D eigenvalue weighted by Gasteiger charge is 2.45. The Labute approximate surface area is 159 Å². The number of ether oxygens (including phenoxy) is 1. The van der Waals surface area contributed by atoms with Crippen molar-refractivity contribution in [3.8, 4) is 5.75 Å². The van der Waals surface area contributed by atoms with Gasteiger partial charge >= 0.3 is 0 Å². The molecule has 0 saturated carbocycles. The molecule has 2 aliphatic rings. The van der Waals surface area contributed by atoms with Gasteiger partial charge in [-0.2, -0.15) is 4.99 Å². The first kappa shape index (κ1) is 18.9. The highest BCUT2D eigenvalue weighted by atomic mass is 16.5. The van der Waals surface area contributed by atoms with Gasteiger partial charge in [0.1, 0.15) is 17.1 Å². The Bertz CT molecular complexity index is 841. The number of amidine groups is 1. The molecular formula is C21H25N3O3. The highest BCUT2D eigenvalue weighted by Crippen LogP contribution is 2.29. The Balaban J connectivity index is 1.61. The van der Waals surface area contributed by atoms with Crippen LogP contribution in [0.4, 0.5) is 0 Å². The molecule has 1 atom stereocenters. The van der Waals surface area contributed by atoms with Gasteiger partial charge in [-0.25, -0.2) is 0 Å². The Morgan fingerprint density at radius 1 is 1.37 bits per heavy atom. The van der Waals surface area contributed by atoms with Crippen LogP contribution in [0.15, 0.2) is 53.2 Å². The van der Waals surface area contributed by atoms with Gasteiger partial charge in [0, 0.05) is 12.7 Å². The van der Waals surface area contributed by atoms with Crippen molar-refractivity contribution < 1.29 is 14.3 Å². The number of hydrogen-bond acceptors (Lipinski definition) is 4. The summed E-state index contributed by atoms with van der Waals surface area (Å²) in [5, 5.41) is 2.98. The predicted octanol–water partition coefficient (Wildman–Crippen LogP) is 2.61. The number of amides is 2. The minimum absolute atomic E-state index is 0.0616. The lowest BCUT2D eigenvalue weighted by Crippen LogP contribution is -2.60. The van der Waals surface area contributed by atoms with Crippen LogP contribution < -0.4 is 10.1 Å². The molecule has 142 valence electrons. The molecule has 0 unspecified atom stereocenters. The standard InChI is InChI=1S/C21H25N3O3/c1-15-10-12-24-18(13-15)23-19(25)14-21(24,2)20(26)22-11-6-8-16-7-4-5-9-17(16)27-3/h4-5,7,9-10,12-13H,6,8,11,14H2,1-3H3,(H,22,26)/t21-/m0/s1. The molecule has 1 aromatic rings. The van der Waals surface area contributed by atoms with Gasteiger partial charge in [-0.15, -0.1) is 0 Å². The molecule has 2 amide bonds. The monoisotopic (exact) mass is 367 g/mol. The third-order valence-corrected chi connectivity index (χ3v) is 4.95. The lowest BCUT2D eigenvalue weighted by molar-refractivity contribution is -0.134. The maximum absolute atomic E-state index is 12.9. The average molecular weight is 367 g/mol. The van der Waals surface area contributed by atoms with Gasteiger partial charge < -0.3 is 15.0 Å².